The van der Waals surface area contributed by atoms with Crippen molar-refractivity contribution >= 4 is 27.7 Å². The lowest BCUT2D eigenvalue weighted by Crippen LogP contribution is -2.25. The van der Waals surface area contributed by atoms with Crippen LogP contribution in [0.1, 0.15) is 21.8 Å². The van der Waals surface area contributed by atoms with Gasteiger partial charge in [0.05, 0.1) is 13.0 Å². The van der Waals surface area contributed by atoms with Gasteiger partial charge in [0, 0.05) is 21.5 Å². The number of methoxy groups -OCH3 is 1. The number of Topliss-reactive ketones (excluding diaryl/α,β-unsaturated/α-hetero) is 1. The summed E-state index contributed by atoms with van der Waals surface area (Å²) in [6, 6.07) is 16.4. The van der Waals surface area contributed by atoms with Gasteiger partial charge in [0.1, 0.15) is 0 Å². The third kappa shape index (κ3) is 4.34. The van der Waals surface area contributed by atoms with Crippen LogP contribution in [0.25, 0.3) is 0 Å². The van der Waals surface area contributed by atoms with Crippen LogP contribution in [-0.4, -0.2) is 18.9 Å². The number of hydrogen-bond donors (Lipinski definition) is 0. The molecule has 0 N–H and O–H groups in total. The summed E-state index contributed by atoms with van der Waals surface area (Å²) in [5.74, 6) is -1.86. The van der Waals surface area contributed by atoms with Crippen LogP contribution in [0.4, 0.5) is 0 Å². The molecule has 0 aliphatic rings. The predicted molar refractivity (Wildman–Crippen MR) is 102 cm³/mol. The Kier molecular flexibility index (Phi) is 6.48. The highest BCUT2D eigenvalue weighted by Gasteiger charge is 2.33. The molecule has 0 saturated heterocycles. The van der Waals surface area contributed by atoms with Gasteiger partial charge in [-0.25, -0.2) is 4.79 Å². The normalized spacial score (nSPS) is 12.7. The molecule has 0 amide bonds. The monoisotopic (exact) mass is 398 g/mol. The van der Waals surface area contributed by atoms with Gasteiger partial charge in [0.15, 0.2) is 5.78 Å². The van der Waals surface area contributed by atoms with Crippen LogP contribution < -0.4 is 0 Å². The Balaban J connectivity index is 2.52. The number of rotatable bonds is 7. The predicted octanol–water partition coefficient (Wildman–Crippen LogP) is 4.95. The van der Waals surface area contributed by atoms with Crippen LogP contribution in [0.5, 0.6) is 0 Å². The zero-order valence-electron chi connectivity index (χ0n) is 13.9. The summed E-state index contributed by atoms with van der Waals surface area (Å²) in [6.07, 6.45) is 1.56. The maximum absolute atomic E-state index is 13.0. The van der Waals surface area contributed by atoms with E-state index >= 15 is 0 Å². The molecule has 3 nitrogen and oxygen atoms in total. The van der Waals surface area contributed by atoms with Crippen LogP contribution in [0, 0.1) is 5.92 Å². The molecule has 2 atom stereocenters. The fourth-order valence-electron chi connectivity index (χ4n) is 2.77. The van der Waals surface area contributed by atoms with Gasteiger partial charge in [-0.05, 0) is 17.7 Å². The molecular formula is C21H19BrO3. The molecule has 0 aliphatic carbocycles. The molecule has 25 heavy (non-hydrogen) atoms. The third-order valence-electron chi connectivity index (χ3n) is 4.00. The Morgan fingerprint density at radius 2 is 1.80 bits per heavy atom. The molecule has 128 valence electrons. The number of halogens is 1. The van der Waals surface area contributed by atoms with E-state index in [-0.39, 0.29) is 11.4 Å². The maximum Gasteiger partial charge on any atom is 0.333 e. The lowest BCUT2D eigenvalue weighted by atomic mass is 9.77. The molecule has 0 saturated carbocycles. The third-order valence-corrected chi connectivity index (χ3v) is 4.50. The first-order chi connectivity index (χ1) is 12.0. The van der Waals surface area contributed by atoms with E-state index in [9.17, 15) is 9.59 Å². The van der Waals surface area contributed by atoms with Gasteiger partial charge in [0.25, 0.3) is 0 Å². The molecule has 0 radical (unpaired) electrons. The molecule has 2 rings (SSSR count). The number of ether oxygens (including phenoxy) is 1. The van der Waals surface area contributed by atoms with Crippen molar-refractivity contribution in [2.24, 2.45) is 5.92 Å². The molecule has 0 fully saturated rings. The summed E-state index contributed by atoms with van der Waals surface area (Å²) in [5, 5.41) is 0. The smallest absolute Gasteiger partial charge is 0.333 e. The van der Waals surface area contributed by atoms with Crippen molar-refractivity contribution < 1.29 is 14.3 Å². The van der Waals surface area contributed by atoms with Crippen LogP contribution in [0.15, 0.2) is 83.9 Å². The fraction of sp³-hybridized carbons (Fsp3) is 0.143. The highest BCUT2D eigenvalue weighted by Crippen LogP contribution is 2.36. The Bertz CT molecular complexity index is 796. The number of carbonyl (C=O) groups is 2. The summed E-state index contributed by atoms with van der Waals surface area (Å²) in [6.45, 7) is 7.71. The standard InChI is InChI=1S/C21H19BrO3/c1-4-18(20(23)15-9-6-5-7-10-15)19(14(2)21(24)25-3)16-11-8-12-17(22)13-16/h4-13,18-19H,1-2H2,3H3. The minimum atomic E-state index is -0.636. The number of benzene rings is 2. The van der Waals surface area contributed by atoms with Crippen molar-refractivity contribution in [3.8, 4) is 0 Å². The van der Waals surface area contributed by atoms with E-state index in [0.717, 1.165) is 10.0 Å². The molecular weight excluding hydrogens is 380 g/mol. The summed E-state index contributed by atoms with van der Waals surface area (Å²) in [7, 11) is 1.30. The van der Waals surface area contributed by atoms with E-state index in [2.05, 4.69) is 29.1 Å². The molecule has 2 aromatic rings. The van der Waals surface area contributed by atoms with E-state index in [1.807, 2.05) is 30.3 Å². The van der Waals surface area contributed by atoms with E-state index in [0.29, 0.717) is 5.56 Å². The summed E-state index contributed by atoms with van der Waals surface area (Å²) in [5.41, 5.74) is 1.57. The van der Waals surface area contributed by atoms with Crippen molar-refractivity contribution in [2.45, 2.75) is 5.92 Å². The van der Waals surface area contributed by atoms with Gasteiger partial charge in [0.2, 0.25) is 0 Å². The number of carbonyl (C=O) groups excluding carboxylic acids is 2. The minimum Gasteiger partial charge on any atom is -0.466 e. The lowest BCUT2D eigenvalue weighted by Gasteiger charge is -2.25. The zero-order chi connectivity index (χ0) is 18.4. The molecule has 0 bridgehead atoms. The maximum atomic E-state index is 13.0. The molecule has 4 heteroatoms. The highest BCUT2D eigenvalue weighted by molar-refractivity contribution is 9.10. The lowest BCUT2D eigenvalue weighted by molar-refractivity contribution is -0.136. The largest absolute Gasteiger partial charge is 0.466 e. The Morgan fingerprint density at radius 3 is 2.36 bits per heavy atom. The first-order valence-corrected chi connectivity index (χ1v) is 8.53. The van der Waals surface area contributed by atoms with Crippen LogP contribution in [-0.2, 0) is 9.53 Å². The fourth-order valence-corrected chi connectivity index (χ4v) is 3.19. The molecule has 0 aliphatic heterocycles. The van der Waals surface area contributed by atoms with Gasteiger partial charge in [-0.1, -0.05) is 71.0 Å². The van der Waals surface area contributed by atoms with Crippen molar-refractivity contribution in [3.63, 3.8) is 0 Å². The van der Waals surface area contributed by atoms with E-state index in [4.69, 9.17) is 4.74 Å². The van der Waals surface area contributed by atoms with E-state index in [1.54, 1.807) is 30.3 Å². The Hall–Kier alpha value is -2.46. The van der Waals surface area contributed by atoms with Crippen molar-refractivity contribution in [2.75, 3.05) is 7.11 Å². The van der Waals surface area contributed by atoms with Gasteiger partial charge in [-0.2, -0.15) is 0 Å². The topological polar surface area (TPSA) is 43.4 Å². The van der Waals surface area contributed by atoms with E-state index in [1.165, 1.54) is 7.11 Å². The summed E-state index contributed by atoms with van der Waals surface area (Å²) in [4.78, 5) is 25.1. The number of hydrogen-bond acceptors (Lipinski definition) is 3. The molecule has 0 heterocycles. The highest BCUT2D eigenvalue weighted by atomic mass is 79.9. The number of ketones is 1. The first kappa shape index (κ1) is 18.9. The second-order valence-corrected chi connectivity index (χ2v) is 6.46. The van der Waals surface area contributed by atoms with Crippen LogP contribution >= 0.6 is 15.9 Å². The van der Waals surface area contributed by atoms with Crippen molar-refractivity contribution in [1.29, 1.82) is 0 Å². The SMILES string of the molecule is C=CC(C(=O)c1ccccc1)C(C(=C)C(=O)OC)c1cccc(Br)c1. The summed E-state index contributed by atoms with van der Waals surface area (Å²) < 4.78 is 5.68. The van der Waals surface area contributed by atoms with Crippen molar-refractivity contribution in [3.05, 3.63) is 95.0 Å². The Labute approximate surface area is 156 Å². The van der Waals surface area contributed by atoms with Crippen molar-refractivity contribution in [1.82, 2.24) is 0 Å². The van der Waals surface area contributed by atoms with Gasteiger partial charge < -0.3 is 4.74 Å². The van der Waals surface area contributed by atoms with Gasteiger partial charge in [-0.3, -0.25) is 4.79 Å². The van der Waals surface area contributed by atoms with Crippen LogP contribution in [0.2, 0.25) is 0 Å². The first-order valence-electron chi connectivity index (χ1n) is 7.74. The average Bonchev–Trinajstić information content (AvgIpc) is 2.65. The van der Waals surface area contributed by atoms with Gasteiger partial charge >= 0.3 is 5.97 Å². The summed E-state index contributed by atoms with van der Waals surface area (Å²) >= 11 is 3.43. The molecule has 2 aromatic carbocycles. The molecule has 2 unspecified atom stereocenters. The van der Waals surface area contributed by atoms with Crippen LogP contribution in [0.3, 0.4) is 0 Å². The average molecular weight is 399 g/mol. The molecule has 0 spiro atoms. The number of allylic oxidation sites excluding steroid dienone is 1. The molecule has 0 aromatic heterocycles. The minimum absolute atomic E-state index is 0.120. The number of esters is 1. The zero-order valence-corrected chi connectivity index (χ0v) is 15.5. The Morgan fingerprint density at radius 1 is 1.12 bits per heavy atom. The second-order valence-electron chi connectivity index (χ2n) is 5.54. The van der Waals surface area contributed by atoms with Gasteiger partial charge in [-0.15, -0.1) is 6.58 Å². The quantitative estimate of drug-likeness (QED) is 0.287. The second kappa shape index (κ2) is 8.58. The van der Waals surface area contributed by atoms with E-state index < -0.39 is 17.8 Å².